The molecule has 0 radical (unpaired) electrons. The summed E-state index contributed by atoms with van der Waals surface area (Å²) in [6.45, 7) is 0.729. The van der Waals surface area contributed by atoms with E-state index in [1.807, 2.05) is 12.1 Å². The Morgan fingerprint density at radius 1 is 0.826 bits per heavy atom. The number of fused-ring (bicyclic) bond motifs is 2. The summed E-state index contributed by atoms with van der Waals surface area (Å²) in [5.41, 5.74) is 2.94. The van der Waals surface area contributed by atoms with Crippen molar-refractivity contribution >= 4 is 40.9 Å². The SMILES string of the molecule is O=CNc1ccc(CNC(=O)CCCCCNC(=O)c2ccc(-c3c4ccc(=O)cc-4oc4cc(O)ccc34)c(C(=O)O)c2)cc1. The van der Waals surface area contributed by atoms with Crippen LogP contribution in [-0.4, -0.2) is 41.0 Å². The maximum atomic E-state index is 12.9. The first kappa shape index (κ1) is 31.5. The fourth-order valence-electron chi connectivity index (χ4n) is 5.20. The minimum Gasteiger partial charge on any atom is -0.508 e. The molecule has 3 aromatic carbocycles. The third-order valence-electron chi connectivity index (χ3n) is 7.49. The number of rotatable bonds is 13. The van der Waals surface area contributed by atoms with Crippen LogP contribution in [0, 0.1) is 0 Å². The van der Waals surface area contributed by atoms with Gasteiger partial charge in [0.05, 0.1) is 5.56 Å². The van der Waals surface area contributed by atoms with E-state index in [-0.39, 0.29) is 39.6 Å². The Morgan fingerprint density at radius 2 is 1.61 bits per heavy atom. The van der Waals surface area contributed by atoms with Crippen molar-refractivity contribution in [3.8, 4) is 28.2 Å². The van der Waals surface area contributed by atoms with Crippen LogP contribution in [0.25, 0.3) is 33.4 Å². The van der Waals surface area contributed by atoms with Crippen molar-refractivity contribution in [3.63, 3.8) is 0 Å². The minimum atomic E-state index is -1.24. The maximum Gasteiger partial charge on any atom is 0.336 e. The Labute approximate surface area is 263 Å². The standard InChI is InChI=1S/C35H31N3O8/c39-20-38-23-8-5-21(6-9-23)19-37-32(42)4-2-1-3-15-36-34(43)22-7-12-26(29(16-22)35(44)45)33-27-13-10-24(40)17-30(27)46-31-18-25(41)11-14-28(31)33/h5-14,16-18,20,40H,1-4,15,19H2,(H,36,43)(H,37,42)(H,38,39)(H,44,45). The summed E-state index contributed by atoms with van der Waals surface area (Å²) in [7, 11) is 0. The minimum absolute atomic E-state index is 0.0540. The van der Waals surface area contributed by atoms with E-state index in [1.54, 1.807) is 30.3 Å². The number of hydrogen-bond acceptors (Lipinski definition) is 7. The lowest BCUT2D eigenvalue weighted by Gasteiger charge is -2.17. The molecule has 1 aliphatic carbocycles. The van der Waals surface area contributed by atoms with E-state index in [0.29, 0.717) is 72.9 Å². The fourth-order valence-corrected chi connectivity index (χ4v) is 5.20. The van der Waals surface area contributed by atoms with Crippen molar-refractivity contribution in [2.45, 2.75) is 32.2 Å². The highest BCUT2D eigenvalue weighted by Gasteiger charge is 2.23. The van der Waals surface area contributed by atoms with E-state index in [9.17, 15) is 34.2 Å². The second kappa shape index (κ2) is 14.2. The van der Waals surface area contributed by atoms with E-state index in [1.165, 1.54) is 36.4 Å². The maximum absolute atomic E-state index is 12.9. The normalized spacial score (nSPS) is 10.9. The van der Waals surface area contributed by atoms with Gasteiger partial charge in [-0.15, -0.1) is 0 Å². The van der Waals surface area contributed by atoms with E-state index < -0.39 is 11.9 Å². The number of phenolic OH excluding ortho intramolecular Hbond substituents is 1. The van der Waals surface area contributed by atoms with Crippen molar-refractivity contribution in [2.75, 3.05) is 11.9 Å². The van der Waals surface area contributed by atoms with Gasteiger partial charge in [0.25, 0.3) is 5.91 Å². The number of carbonyl (C=O) groups excluding carboxylic acids is 3. The molecule has 0 spiro atoms. The molecule has 0 unspecified atom stereocenters. The molecule has 11 heteroatoms. The van der Waals surface area contributed by atoms with E-state index >= 15 is 0 Å². The van der Waals surface area contributed by atoms with Gasteiger partial charge in [0.2, 0.25) is 12.3 Å². The number of hydrogen-bond donors (Lipinski definition) is 5. The van der Waals surface area contributed by atoms with E-state index in [4.69, 9.17) is 4.42 Å². The molecule has 2 aliphatic rings. The predicted molar refractivity (Wildman–Crippen MR) is 172 cm³/mol. The Morgan fingerprint density at radius 3 is 2.37 bits per heavy atom. The number of carboxylic acids is 1. The van der Waals surface area contributed by atoms with Crippen LogP contribution in [0.15, 0.2) is 88.1 Å². The Balaban J connectivity index is 1.19. The molecule has 0 bridgehead atoms. The van der Waals surface area contributed by atoms with Gasteiger partial charge in [0.1, 0.15) is 17.1 Å². The number of amides is 3. The number of nitrogens with one attached hydrogen (secondary N) is 3. The van der Waals surface area contributed by atoms with Gasteiger partial charge < -0.3 is 30.6 Å². The quantitative estimate of drug-likeness (QED) is 0.0682. The van der Waals surface area contributed by atoms with E-state index in [2.05, 4.69) is 16.0 Å². The molecule has 5 N–H and O–H groups in total. The molecule has 11 nitrogen and oxygen atoms in total. The zero-order valence-corrected chi connectivity index (χ0v) is 24.7. The fraction of sp³-hybridized carbons (Fsp3) is 0.171. The smallest absolute Gasteiger partial charge is 0.336 e. The molecule has 0 saturated heterocycles. The van der Waals surface area contributed by atoms with Gasteiger partial charge in [-0.2, -0.15) is 0 Å². The van der Waals surface area contributed by atoms with Gasteiger partial charge in [-0.1, -0.05) is 24.6 Å². The zero-order chi connectivity index (χ0) is 32.6. The molecule has 5 rings (SSSR count). The predicted octanol–water partition coefficient (Wildman–Crippen LogP) is 5.14. The first-order valence-corrected chi connectivity index (χ1v) is 14.6. The first-order valence-electron chi connectivity index (χ1n) is 14.6. The second-order valence-corrected chi connectivity index (χ2v) is 10.7. The van der Waals surface area contributed by atoms with Crippen molar-refractivity contribution < 1.29 is 33.8 Å². The second-order valence-electron chi connectivity index (χ2n) is 10.7. The average Bonchev–Trinajstić information content (AvgIpc) is 3.04. The van der Waals surface area contributed by atoms with Crippen molar-refractivity contribution in [2.24, 2.45) is 0 Å². The zero-order valence-electron chi connectivity index (χ0n) is 24.7. The van der Waals surface area contributed by atoms with Crippen molar-refractivity contribution in [1.82, 2.24) is 10.6 Å². The highest BCUT2D eigenvalue weighted by atomic mass is 16.4. The number of anilines is 1. The summed E-state index contributed by atoms with van der Waals surface area (Å²) in [5.74, 6) is -1.58. The summed E-state index contributed by atoms with van der Waals surface area (Å²) in [5, 5.41) is 28.9. The van der Waals surface area contributed by atoms with Crippen molar-refractivity contribution in [1.29, 1.82) is 0 Å². The molecular weight excluding hydrogens is 590 g/mol. The molecule has 0 atom stereocenters. The molecule has 3 aromatic rings. The largest absolute Gasteiger partial charge is 0.508 e. The number of aromatic carboxylic acids is 1. The van der Waals surface area contributed by atoms with Gasteiger partial charge in [-0.25, -0.2) is 4.79 Å². The van der Waals surface area contributed by atoms with Gasteiger partial charge >= 0.3 is 5.97 Å². The van der Waals surface area contributed by atoms with Crippen LogP contribution >= 0.6 is 0 Å². The van der Waals surface area contributed by atoms with Crippen LogP contribution in [0.4, 0.5) is 5.69 Å². The van der Waals surface area contributed by atoms with Gasteiger partial charge in [-0.3, -0.25) is 19.2 Å². The van der Waals surface area contributed by atoms with Crippen molar-refractivity contribution in [3.05, 3.63) is 106 Å². The lowest BCUT2D eigenvalue weighted by molar-refractivity contribution is -0.121. The highest BCUT2D eigenvalue weighted by Crippen LogP contribution is 2.42. The van der Waals surface area contributed by atoms with Crippen LogP contribution in [0.5, 0.6) is 5.75 Å². The number of benzene rings is 4. The molecule has 1 aliphatic heterocycles. The average molecular weight is 622 g/mol. The third-order valence-corrected chi connectivity index (χ3v) is 7.49. The summed E-state index contributed by atoms with van der Waals surface area (Å²) in [6.07, 6.45) is 2.92. The lowest BCUT2D eigenvalue weighted by Crippen LogP contribution is -2.25. The summed E-state index contributed by atoms with van der Waals surface area (Å²) < 4.78 is 5.85. The number of carboxylic acid groups (broad SMARTS) is 1. The molecule has 0 fully saturated rings. The number of unbranched alkanes of at least 4 members (excludes halogenated alkanes) is 2. The molecule has 0 aromatic heterocycles. The highest BCUT2D eigenvalue weighted by molar-refractivity contribution is 6.09. The molecule has 46 heavy (non-hydrogen) atoms. The summed E-state index contributed by atoms with van der Waals surface area (Å²) >= 11 is 0. The molecular formula is C35H31N3O8. The molecule has 1 heterocycles. The lowest BCUT2D eigenvalue weighted by atomic mass is 9.90. The molecule has 0 saturated carbocycles. The number of aromatic hydroxyl groups is 1. The first-order chi connectivity index (χ1) is 22.2. The summed E-state index contributed by atoms with van der Waals surface area (Å²) in [4.78, 5) is 60.0. The Bertz CT molecular complexity index is 1950. The Hall–Kier alpha value is -5.97. The van der Waals surface area contributed by atoms with Gasteiger partial charge in [0, 0.05) is 59.4 Å². The van der Waals surface area contributed by atoms with E-state index in [0.717, 1.165) is 5.56 Å². The summed E-state index contributed by atoms with van der Waals surface area (Å²) in [6, 6.07) is 20.2. The van der Waals surface area contributed by atoms with Crippen LogP contribution in [0.3, 0.4) is 0 Å². The Kier molecular flexibility index (Phi) is 9.72. The van der Waals surface area contributed by atoms with Crippen LogP contribution in [0.1, 0.15) is 52.0 Å². The van der Waals surface area contributed by atoms with Crippen LogP contribution in [0.2, 0.25) is 0 Å². The van der Waals surface area contributed by atoms with Gasteiger partial charge in [-0.05, 0) is 72.5 Å². The number of carbonyl (C=O) groups is 4. The van der Waals surface area contributed by atoms with Crippen LogP contribution in [-0.2, 0) is 16.1 Å². The third kappa shape index (κ3) is 7.39. The van der Waals surface area contributed by atoms with Crippen LogP contribution < -0.4 is 21.4 Å². The number of phenols is 1. The topological polar surface area (TPSA) is 175 Å². The molecule has 3 amide bonds. The molecule has 234 valence electrons. The monoisotopic (exact) mass is 621 g/mol. The van der Waals surface area contributed by atoms with Gasteiger partial charge in [0.15, 0.2) is 5.43 Å².